The number of aromatic nitrogens is 1. The molecule has 0 radical (unpaired) electrons. The van der Waals surface area contributed by atoms with Gasteiger partial charge in [-0.15, -0.1) is 0 Å². The Morgan fingerprint density at radius 3 is 2.30 bits per heavy atom. The van der Waals surface area contributed by atoms with Crippen LogP contribution in [0.15, 0.2) is 96.2 Å². The second-order valence-electron chi connectivity index (χ2n) is 11.8. The van der Waals surface area contributed by atoms with Crippen molar-refractivity contribution < 1.29 is 23.1 Å². The van der Waals surface area contributed by atoms with Crippen LogP contribution in [-0.2, 0) is 21.2 Å². The normalized spacial score (nSPS) is 13.1. The number of aliphatic hydroxyl groups excluding tert-OH is 1. The highest BCUT2D eigenvalue weighted by molar-refractivity contribution is 7.89. The molecule has 0 aliphatic carbocycles. The van der Waals surface area contributed by atoms with Gasteiger partial charge in [-0.3, -0.25) is 14.6 Å². The van der Waals surface area contributed by atoms with Crippen molar-refractivity contribution in [1.29, 1.82) is 0 Å². The fourth-order valence-corrected chi connectivity index (χ4v) is 7.11. The molecule has 11 heteroatoms. The smallest absolute Gasteiger partial charge is 0.252 e. The van der Waals surface area contributed by atoms with Crippen LogP contribution < -0.4 is 16.4 Å². The number of nitrogen functional groups attached to an aromatic ring is 1. The summed E-state index contributed by atoms with van der Waals surface area (Å²) in [5.41, 5.74) is 7.53. The molecule has 0 fully saturated rings. The molecule has 0 saturated carbocycles. The fraction of sp³-hybridized carbons (Fsp3) is 0.343. The zero-order chi connectivity index (χ0) is 33.1. The standard InChI is InChI=1S/C35H43N5O5S/c1-25(2)23-40(46(44,45)32-14-12-30(36)13-15-32)31(24-41)9-5-6-18-38-35(43)33(39-34(42)28-16-19-37-20-17-28)22-26-10-11-27-7-3-4-8-29(27)21-26/h3-4,7-8,10-17,19-21,25,31,33,41H,5-6,9,18,22-24,36H2,1-2H3,(H,38,43)(H,39,42)/t31-,33-/m0/s1. The van der Waals surface area contributed by atoms with E-state index in [-0.39, 0.29) is 35.8 Å². The molecule has 46 heavy (non-hydrogen) atoms. The Labute approximate surface area is 271 Å². The first-order valence-corrected chi connectivity index (χ1v) is 17.0. The van der Waals surface area contributed by atoms with Gasteiger partial charge in [-0.1, -0.05) is 62.7 Å². The average molecular weight is 646 g/mol. The number of hydrogen-bond donors (Lipinski definition) is 4. The number of nitrogens with two attached hydrogens (primary N) is 1. The largest absolute Gasteiger partial charge is 0.399 e. The van der Waals surface area contributed by atoms with Gasteiger partial charge in [0, 0.05) is 49.2 Å². The van der Waals surface area contributed by atoms with E-state index in [4.69, 9.17) is 5.73 Å². The minimum Gasteiger partial charge on any atom is -0.399 e. The third-order valence-corrected chi connectivity index (χ3v) is 9.66. The number of benzene rings is 3. The van der Waals surface area contributed by atoms with Gasteiger partial charge in [-0.05, 0) is 71.5 Å². The molecule has 0 saturated heterocycles. The molecule has 0 bridgehead atoms. The molecule has 4 rings (SSSR count). The van der Waals surface area contributed by atoms with Crippen LogP contribution in [0.4, 0.5) is 5.69 Å². The SMILES string of the molecule is CC(C)CN([C@H](CO)CCCCNC(=O)[C@H](Cc1ccc2ccccc2c1)NC(=O)c1ccncc1)S(=O)(=O)c1ccc(N)cc1. The van der Waals surface area contributed by atoms with Crippen molar-refractivity contribution in [3.05, 3.63) is 102 Å². The van der Waals surface area contributed by atoms with E-state index in [1.165, 1.54) is 28.8 Å². The van der Waals surface area contributed by atoms with Crippen molar-refractivity contribution in [3.63, 3.8) is 0 Å². The van der Waals surface area contributed by atoms with E-state index in [0.717, 1.165) is 16.3 Å². The predicted molar refractivity (Wildman–Crippen MR) is 180 cm³/mol. The lowest BCUT2D eigenvalue weighted by atomic mass is 10.0. The Balaban J connectivity index is 1.39. The zero-order valence-corrected chi connectivity index (χ0v) is 27.1. The molecule has 0 unspecified atom stereocenters. The zero-order valence-electron chi connectivity index (χ0n) is 26.3. The number of sulfonamides is 1. The number of nitrogens with one attached hydrogen (secondary N) is 2. The summed E-state index contributed by atoms with van der Waals surface area (Å²) in [6.45, 7) is 4.10. The molecule has 2 atom stereocenters. The van der Waals surface area contributed by atoms with Gasteiger partial charge >= 0.3 is 0 Å². The Kier molecular flexibility index (Phi) is 12.2. The maximum atomic E-state index is 13.5. The van der Waals surface area contributed by atoms with Gasteiger partial charge in [0.2, 0.25) is 15.9 Å². The Morgan fingerprint density at radius 1 is 0.935 bits per heavy atom. The van der Waals surface area contributed by atoms with Crippen LogP contribution in [0.25, 0.3) is 10.8 Å². The van der Waals surface area contributed by atoms with Gasteiger partial charge in [0.1, 0.15) is 6.04 Å². The molecule has 0 aliphatic heterocycles. The van der Waals surface area contributed by atoms with E-state index in [9.17, 15) is 23.1 Å². The number of pyridine rings is 1. The van der Waals surface area contributed by atoms with Crippen LogP contribution in [0.1, 0.15) is 49.0 Å². The van der Waals surface area contributed by atoms with E-state index in [1.54, 1.807) is 24.3 Å². The van der Waals surface area contributed by atoms with E-state index in [0.29, 0.717) is 43.5 Å². The fourth-order valence-electron chi connectivity index (χ4n) is 5.30. The number of nitrogens with zero attached hydrogens (tertiary/aromatic N) is 2. The van der Waals surface area contributed by atoms with Gasteiger partial charge in [-0.2, -0.15) is 4.31 Å². The van der Waals surface area contributed by atoms with Crippen LogP contribution in [0.2, 0.25) is 0 Å². The Morgan fingerprint density at radius 2 is 1.63 bits per heavy atom. The van der Waals surface area contributed by atoms with Gasteiger partial charge in [0.15, 0.2) is 0 Å². The molecule has 0 spiro atoms. The second-order valence-corrected chi connectivity index (χ2v) is 13.7. The van der Waals surface area contributed by atoms with Crippen LogP contribution in [0.5, 0.6) is 0 Å². The number of amides is 2. The number of carbonyl (C=O) groups is 2. The van der Waals surface area contributed by atoms with Crippen LogP contribution in [-0.4, -0.2) is 66.4 Å². The van der Waals surface area contributed by atoms with Crippen LogP contribution in [0.3, 0.4) is 0 Å². The summed E-state index contributed by atoms with van der Waals surface area (Å²) in [6.07, 6.45) is 4.88. The summed E-state index contributed by atoms with van der Waals surface area (Å²) in [6, 6.07) is 21.7. The second kappa shape index (κ2) is 16.3. The molecule has 4 aromatic rings. The van der Waals surface area contributed by atoms with E-state index in [2.05, 4.69) is 15.6 Å². The minimum absolute atomic E-state index is 0.0405. The first-order chi connectivity index (χ1) is 22.1. The maximum Gasteiger partial charge on any atom is 0.252 e. The van der Waals surface area contributed by atoms with Gasteiger partial charge in [0.05, 0.1) is 11.5 Å². The topological polar surface area (TPSA) is 155 Å². The molecule has 10 nitrogen and oxygen atoms in total. The number of fused-ring (bicyclic) bond motifs is 1. The van der Waals surface area contributed by atoms with Crippen molar-refractivity contribution in [3.8, 4) is 0 Å². The first kappa shape index (κ1) is 34.6. The average Bonchev–Trinajstić information content (AvgIpc) is 3.05. The van der Waals surface area contributed by atoms with Crippen molar-refractivity contribution in [2.45, 2.75) is 56.5 Å². The molecule has 2 amide bonds. The third-order valence-electron chi connectivity index (χ3n) is 7.73. The summed E-state index contributed by atoms with van der Waals surface area (Å²) in [5, 5.41) is 18.2. The summed E-state index contributed by atoms with van der Waals surface area (Å²) in [4.78, 5) is 30.5. The van der Waals surface area contributed by atoms with Crippen molar-refractivity contribution >= 4 is 38.3 Å². The number of hydrogen-bond acceptors (Lipinski definition) is 7. The molecule has 5 N–H and O–H groups in total. The lowest BCUT2D eigenvalue weighted by molar-refractivity contribution is -0.122. The third kappa shape index (κ3) is 9.35. The highest BCUT2D eigenvalue weighted by atomic mass is 32.2. The van der Waals surface area contributed by atoms with Crippen molar-refractivity contribution in [2.75, 3.05) is 25.4 Å². The molecular weight excluding hydrogens is 602 g/mol. The molecular formula is C35H43N5O5S. The highest BCUT2D eigenvalue weighted by Crippen LogP contribution is 2.23. The van der Waals surface area contributed by atoms with Crippen molar-refractivity contribution in [2.24, 2.45) is 5.92 Å². The molecule has 244 valence electrons. The molecule has 1 heterocycles. The summed E-state index contributed by atoms with van der Waals surface area (Å²) >= 11 is 0. The quantitative estimate of drug-likeness (QED) is 0.105. The van der Waals surface area contributed by atoms with Gasteiger partial charge in [0.25, 0.3) is 5.91 Å². The lowest BCUT2D eigenvalue weighted by Crippen LogP contribution is -2.48. The Hall–Kier alpha value is -4.32. The lowest BCUT2D eigenvalue weighted by Gasteiger charge is -2.31. The van der Waals surface area contributed by atoms with Gasteiger partial charge in [-0.25, -0.2) is 8.42 Å². The van der Waals surface area contributed by atoms with E-state index < -0.39 is 22.1 Å². The van der Waals surface area contributed by atoms with Crippen LogP contribution >= 0.6 is 0 Å². The number of aliphatic hydroxyl groups is 1. The van der Waals surface area contributed by atoms with E-state index in [1.807, 2.05) is 56.3 Å². The number of unbranched alkanes of at least 4 members (excludes halogenated alkanes) is 1. The summed E-state index contributed by atoms with van der Waals surface area (Å²) in [7, 11) is -3.87. The monoisotopic (exact) mass is 645 g/mol. The summed E-state index contributed by atoms with van der Waals surface area (Å²) in [5.74, 6) is -0.651. The number of rotatable bonds is 16. The maximum absolute atomic E-state index is 13.5. The number of carbonyl (C=O) groups excluding carboxylic acids is 2. The van der Waals surface area contributed by atoms with Crippen LogP contribution in [0, 0.1) is 5.92 Å². The van der Waals surface area contributed by atoms with Crippen molar-refractivity contribution in [1.82, 2.24) is 19.9 Å². The molecule has 0 aliphatic rings. The molecule has 3 aromatic carbocycles. The van der Waals surface area contributed by atoms with Gasteiger partial charge < -0.3 is 21.5 Å². The predicted octanol–water partition coefficient (Wildman–Crippen LogP) is 4.15. The first-order valence-electron chi connectivity index (χ1n) is 15.5. The molecule has 1 aromatic heterocycles. The highest BCUT2D eigenvalue weighted by Gasteiger charge is 2.31. The number of anilines is 1. The van der Waals surface area contributed by atoms with E-state index >= 15 is 0 Å². The summed E-state index contributed by atoms with van der Waals surface area (Å²) < 4.78 is 28.4. The Bertz CT molecular complexity index is 1700. The minimum atomic E-state index is -3.87.